The molecule has 1 N–H and O–H groups in total. The highest BCUT2D eigenvalue weighted by Gasteiger charge is 2.52. The first-order chi connectivity index (χ1) is 9.62. The molecule has 0 spiro atoms. The maximum absolute atomic E-state index is 11.8. The van der Waals surface area contributed by atoms with Gasteiger partial charge in [0, 0.05) is 19.1 Å². The number of likely N-dealkylation sites (N-methyl/N-ethyl adjacent to an activating group) is 1. The molecule has 110 valence electrons. The lowest BCUT2D eigenvalue weighted by atomic mass is 9.68. The van der Waals surface area contributed by atoms with E-state index in [-0.39, 0.29) is 6.04 Å². The molecule has 2 atom stereocenters. The average Bonchev–Trinajstić information content (AvgIpc) is 2.92. The van der Waals surface area contributed by atoms with Gasteiger partial charge in [-0.1, -0.05) is 0 Å². The van der Waals surface area contributed by atoms with E-state index in [1.54, 1.807) is 11.3 Å². The molecule has 0 amide bonds. The van der Waals surface area contributed by atoms with Crippen LogP contribution in [0.5, 0.6) is 0 Å². The van der Waals surface area contributed by atoms with E-state index >= 15 is 0 Å². The predicted molar refractivity (Wildman–Crippen MR) is 79.9 cm³/mol. The second-order valence-corrected chi connectivity index (χ2v) is 6.96. The van der Waals surface area contributed by atoms with Crippen molar-refractivity contribution in [1.29, 1.82) is 0 Å². The molecule has 2 saturated heterocycles. The van der Waals surface area contributed by atoms with Crippen LogP contribution < -0.4 is 0 Å². The molecule has 2 aliphatic rings. The quantitative estimate of drug-likeness (QED) is 0.927. The monoisotopic (exact) mass is 294 g/mol. The molecule has 1 aromatic heterocycles. The molecule has 4 nitrogen and oxygen atoms in total. The Balaban J connectivity index is 1.75. The van der Waals surface area contributed by atoms with Crippen molar-refractivity contribution in [2.24, 2.45) is 5.41 Å². The molecule has 0 unspecified atom stereocenters. The second kappa shape index (κ2) is 5.47. The first kappa shape index (κ1) is 14.0. The summed E-state index contributed by atoms with van der Waals surface area (Å²) in [6.07, 6.45) is 2.62. The third kappa shape index (κ3) is 2.38. The minimum Gasteiger partial charge on any atom is -0.481 e. The molecule has 3 rings (SSSR count). The van der Waals surface area contributed by atoms with Crippen molar-refractivity contribution in [3.63, 3.8) is 0 Å². The topological polar surface area (TPSA) is 43.8 Å². The van der Waals surface area contributed by atoms with Crippen LogP contribution in [0.1, 0.15) is 24.8 Å². The van der Waals surface area contributed by atoms with Crippen LogP contribution in [0.4, 0.5) is 0 Å². The Labute approximate surface area is 124 Å². The molecule has 0 aromatic carbocycles. The summed E-state index contributed by atoms with van der Waals surface area (Å²) in [5.41, 5.74) is 0.828. The van der Waals surface area contributed by atoms with Gasteiger partial charge in [0.15, 0.2) is 0 Å². The van der Waals surface area contributed by atoms with Crippen molar-refractivity contribution in [2.45, 2.75) is 31.8 Å². The summed E-state index contributed by atoms with van der Waals surface area (Å²) in [4.78, 5) is 16.5. The van der Waals surface area contributed by atoms with Gasteiger partial charge in [0.25, 0.3) is 0 Å². The minimum atomic E-state index is -0.593. The molecule has 3 heterocycles. The molecular formula is C15H22N2O2S. The molecule has 20 heavy (non-hydrogen) atoms. The van der Waals surface area contributed by atoms with Crippen LogP contribution in [0, 0.1) is 5.41 Å². The molecule has 0 radical (unpaired) electrons. The molecule has 2 aliphatic heterocycles. The predicted octanol–water partition coefficient (Wildman–Crippen LogP) is 2.12. The zero-order valence-corrected chi connectivity index (χ0v) is 12.7. The zero-order valence-electron chi connectivity index (χ0n) is 11.9. The number of aliphatic carboxylic acids is 1. The third-order valence-electron chi connectivity index (χ3n) is 5.02. The van der Waals surface area contributed by atoms with Crippen molar-refractivity contribution >= 4 is 17.3 Å². The largest absolute Gasteiger partial charge is 0.481 e. The van der Waals surface area contributed by atoms with Crippen LogP contribution in [0.2, 0.25) is 0 Å². The van der Waals surface area contributed by atoms with Crippen LogP contribution >= 0.6 is 11.3 Å². The highest BCUT2D eigenvalue weighted by Crippen LogP contribution is 2.42. The van der Waals surface area contributed by atoms with Crippen molar-refractivity contribution in [3.05, 3.63) is 22.4 Å². The maximum atomic E-state index is 11.8. The van der Waals surface area contributed by atoms with Gasteiger partial charge in [-0.3, -0.25) is 9.69 Å². The van der Waals surface area contributed by atoms with Gasteiger partial charge in [-0.15, -0.1) is 0 Å². The smallest absolute Gasteiger partial charge is 0.311 e. The number of nitrogens with zero attached hydrogens (tertiary/aromatic N) is 2. The van der Waals surface area contributed by atoms with Gasteiger partial charge < -0.3 is 10.0 Å². The Morgan fingerprint density at radius 1 is 1.50 bits per heavy atom. The normalized spacial score (nSPS) is 31.9. The number of hydrogen-bond acceptors (Lipinski definition) is 4. The summed E-state index contributed by atoms with van der Waals surface area (Å²) in [6.45, 7) is 3.74. The minimum absolute atomic E-state index is 0.154. The Bertz CT molecular complexity index is 476. The van der Waals surface area contributed by atoms with E-state index in [9.17, 15) is 9.90 Å². The fraction of sp³-hybridized carbons (Fsp3) is 0.667. The Morgan fingerprint density at radius 2 is 2.35 bits per heavy atom. The number of carboxylic acids is 1. The Morgan fingerprint density at radius 3 is 3.05 bits per heavy atom. The molecule has 0 saturated carbocycles. The van der Waals surface area contributed by atoms with Gasteiger partial charge in [0.05, 0.1) is 5.41 Å². The van der Waals surface area contributed by atoms with Crippen molar-refractivity contribution in [2.75, 3.05) is 26.7 Å². The van der Waals surface area contributed by atoms with Crippen molar-refractivity contribution in [3.8, 4) is 0 Å². The highest BCUT2D eigenvalue weighted by atomic mass is 32.1. The fourth-order valence-corrected chi connectivity index (χ4v) is 4.49. The number of likely N-dealkylation sites (tertiary alicyclic amines) is 2. The summed E-state index contributed by atoms with van der Waals surface area (Å²) in [6, 6.07) is 2.31. The van der Waals surface area contributed by atoms with Gasteiger partial charge in [0.2, 0.25) is 0 Å². The van der Waals surface area contributed by atoms with Crippen LogP contribution in [0.3, 0.4) is 0 Å². The van der Waals surface area contributed by atoms with E-state index in [1.165, 1.54) is 5.56 Å². The lowest BCUT2D eigenvalue weighted by molar-refractivity contribution is -0.162. The van der Waals surface area contributed by atoms with Gasteiger partial charge in [-0.2, -0.15) is 11.3 Å². The highest BCUT2D eigenvalue weighted by molar-refractivity contribution is 7.07. The van der Waals surface area contributed by atoms with E-state index in [4.69, 9.17) is 0 Å². The molecule has 2 fully saturated rings. The molecule has 0 bridgehead atoms. The maximum Gasteiger partial charge on any atom is 0.311 e. The number of piperidine rings is 2. The summed E-state index contributed by atoms with van der Waals surface area (Å²) < 4.78 is 0. The van der Waals surface area contributed by atoms with E-state index in [0.717, 1.165) is 45.4 Å². The second-order valence-electron chi connectivity index (χ2n) is 6.18. The lowest BCUT2D eigenvalue weighted by Crippen LogP contribution is -2.62. The number of fused-ring (bicyclic) bond motifs is 1. The SMILES string of the molecule is CN1CCC[C@]2(C(=O)O)CCN(Cc3ccsc3)C[C@@H]12. The van der Waals surface area contributed by atoms with Crippen molar-refractivity contribution < 1.29 is 9.90 Å². The van der Waals surface area contributed by atoms with E-state index in [1.807, 2.05) is 0 Å². The van der Waals surface area contributed by atoms with Crippen LogP contribution in [0.15, 0.2) is 16.8 Å². The number of rotatable bonds is 3. The van der Waals surface area contributed by atoms with Gasteiger partial charge in [-0.05, 0) is 61.8 Å². The van der Waals surface area contributed by atoms with Gasteiger partial charge in [-0.25, -0.2) is 0 Å². The first-order valence-electron chi connectivity index (χ1n) is 7.29. The molecule has 5 heteroatoms. The van der Waals surface area contributed by atoms with Crippen LogP contribution in [-0.2, 0) is 11.3 Å². The summed E-state index contributed by atoms with van der Waals surface area (Å²) in [5.74, 6) is -0.593. The van der Waals surface area contributed by atoms with Gasteiger partial charge in [0.1, 0.15) is 0 Å². The summed E-state index contributed by atoms with van der Waals surface area (Å²) in [5, 5.41) is 14.0. The van der Waals surface area contributed by atoms with Crippen LogP contribution in [0.25, 0.3) is 0 Å². The third-order valence-corrected chi connectivity index (χ3v) is 5.75. The first-order valence-corrected chi connectivity index (χ1v) is 8.23. The van der Waals surface area contributed by atoms with Crippen LogP contribution in [-0.4, -0.2) is 53.6 Å². The van der Waals surface area contributed by atoms with Crippen molar-refractivity contribution in [1.82, 2.24) is 9.80 Å². The number of carbonyl (C=O) groups is 1. The molecular weight excluding hydrogens is 272 g/mol. The summed E-state index contributed by atoms with van der Waals surface area (Å²) >= 11 is 1.72. The molecule has 0 aliphatic carbocycles. The Hall–Kier alpha value is -0.910. The van der Waals surface area contributed by atoms with Gasteiger partial charge >= 0.3 is 5.97 Å². The molecule has 1 aromatic rings. The lowest BCUT2D eigenvalue weighted by Gasteiger charge is -2.51. The fourth-order valence-electron chi connectivity index (χ4n) is 3.83. The standard InChI is InChI=1S/C15H22N2O2S/c1-16-6-2-4-15(14(18)19)5-7-17(10-13(15)16)9-12-3-8-20-11-12/h3,8,11,13H,2,4-7,9-10H2,1H3,(H,18,19)/t13-,15+/m1/s1. The average molecular weight is 294 g/mol. The number of hydrogen-bond donors (Lipinski definition) is 1. The zero-order chi connectivity index (χ0) is 14.2. The summed E-state index contributed by atoms with van der Waals surface area (Å²) in [7, 11) is 2.08. The van der Waals surface area contributed by atoms with E-state index in [0.29, 0.717) is 0 Å². The Kier molecular flexibility index (Phi) is 3.84. The number of thiophene rings is 1. The number of carboxylic acid groups (broad SMARTS) is 1. The van der Waals surface area contributed by atoms with E-state index in [2.05, 4.69) is 33.7 Å². The van der Waals surface area contributed by atoms with E-state index < -0.39 is 11.4 Å².